The van der Waals surface area contributed by atoms with Crippen LogP contribution in [-0.2, 0) is 0 Å². The molecule has 0 aliphatic heterocycles. The molecule has 0 aromatic carbocycles. The van der Waals surface area contributed by atoms with Crippen LogP contribution in [0.2, 0.25) is 0 Å². The molecule has 0 heterocycles. The fourth-order valence-corrected chi connectivity index (χ4v) is 6.45. The summed E-state index contributed by atoms with van der Waals surface area (Å²) >= 11 is 7.67. The largest absolute Gasteiger partial charge is 0.0889 e. The van der Waals surface area contributed by atoms with Crippen LogP contribution in [0.15, 0.2) is 0 Å². The summed E-state index contributed by atoms with van der Waals surface area (Å²) in [5, 5.41) is 0. The minimum atomic E-state index is 0.539. The third-order valence-electron chi connectivity index (χ3n) is 1.82. The van der Waals surface area contributed by atoms with E-state index < -0.39 is 0 Å². The van der Waals surface area contributed by atoms with Gasteiger partial charge in [-0.05, 0) is 34.0 Å². The van der Waals surface area contributed by atoms with Gasteiger partial charge in [-0.1, -0.05) is 67.0 Å². The Labute approximate surface area is 106 Å². The lowest BCUT2D eigenvalue weighted by Gasteiger charge is -2.33. The van der Waals surface area contributed by atoms with E-state index in [0.717, 1.165) is 3.92 Å². The van der Waals surface area contributed by atoms with Crippen molar-refractivity contribution >= 4 is 75.3 Å². The highest BCUT2D eigenvalue weighted by Gasteiger charge is 2.36. The third-order valence-corrected chi connectivity index (χ3v) is 12.7. The maximum Gasteiger partial charge on any atom is 0.0889 e. The second-order valence-corrected chi connectivity index (χ2v) is 8.94. The van der Waals surface area contributed by atoms with E-state index in [4.69, 9.17) is 0 Å². The fourth-order valence-electron chi connectivity index (χ4n) is 1.15. The third kappa shape index (κ3) is 2.51. The molecular formula is C6H9I3S. The Morgan fingerprint density at radius 1 is 1.40 bits per heavy atom. The summed E-state index contributed by atoms with van der Waals surface area (Å²) in [5.41, 5.74) is 0. The zero-order valence-electron chi connectivity index (χ0n) is 5.45. The second kappa shape index (κ2) is 4.69. The van der Waals surface area contributed by atoms with Crippen LogP contribution in [0.5, 0.6) is 0 Å². The molecule has 10 heavy (non-hydrogen) atoms. The van der Waals surface area contributed by atoms with Gasteiger partial charge in [-0.3, -0.25) is 0 Å². The average molecular weight is 494 g/mol. The summed E-state index contributed by atoms with van der Waals surface area (Å²) in [6.07, 6.45) is 5.68. The molecule has 0 N–H and O–H groups in total. The van der Waals surface area contributed by atoms with Crippen LogP contribution in [0.25, 0.3) is 0 Å². The first kappa shape index (κ1) is 10.6. The van der Waals surface area contributed by atoms with Crippen LogP contribution >= 0.6 is 75.3 Å². The highest BCUT2D eigenvalue weighted by molar-refractivity contribution is 14.2. The molecule has 0 aromatic heterocycles. The van der Waals surface area contributed by atoms with Gasteiger partial charge in [-0.2, -0.15) is 0 Å². The van der Waals surface area contributed by atoms with Gasteiger partial charge in [0.1, 0.15) is 0 Å². The van der Waals surface area contributed by atoms with Crippen molar-refractivity contribution in [3.05, 3.63) is 0 Å². The molecule has 0 aromatic rings. The minimum absolute atomic E-state index is 0.539. The van der Waals surface area contributed by atoms with Gasteiger partial charge in [0, 0.05) is 3.92 Å². The van der Waals surface area contributed by atoms with Crippen molar-refractivity contribution in [1.82, 2.24) is 0 Å². The molecule has 0 bridgehead atoms. The summed E-state index contributed by atoms with van der Waals surface area (Å²) in [7, 11) is 2.01. The summed E-state index contributed by atoms with van der Waals surface area (Å²) in [6, 6.07) is 0. The molecule has 1 aliphatic carbocycles. The highest BCUT2D eigenvalue weighted by atomic mass is 127. The monoisotopic (exact) mass is 494 g/mol. The number of rotatable bonds is 1. The SMILES string of the molecule is ISC1(I)CCCCC1I. The summed E-state index contributed by atoms with van der Waals surface area (Å²) in [6.45, 7) is 0. The van der Waals surface area contributed by atoms with E-state index in [1.54, 1.807) is 0 Å². The number of alkyl halides is 2. The first-order valence-corrected chi connectivity index (χ1v) is 9.00. The lowest BCUT2D eigenvalue weighted by molar-refractivity contribution is 0.530. The predicted octanol–water partition coefficient (Wildman–Crippen LogP) is 4.58. The van der Waals surface area contributed by atoms with Gasteiger partial charge >= 0.3 is 0 Å². The van der Waals surface area contributed by atoms with Crippen LogP contribution in [-0.4, -0.2) is 6.68 Å². The lowest BCUT2D eigenvalue weighted by Crippen LogP contribution is -2.30. The van der Waals surface area contributed by atoms with E-state index in [1.807, 2.05) is 8.93 Å². The molecular weight excluding hydrogens is 485 g/mol. The minimum Gasteiger partial charge on any atom is -0.0802 e. The Morgan fingerprint density at radius 2 is 2.10 bits per heavy atom. The van der Waals surface area contributed by atoms with Gasteiger partial charge < -0.3 is 0 Å². The fraction of sp³-hybridized carbons (Fsp3) is 1.00. The van der Waals surface area contributed by atoms with Gasteiger partial charge in [0.25, 0.3) is 0 Å². The zero-order valence-corrected chi connectivity index (χ0v) is 12.7. The van der Waals surface area contributed by atoms with Gasteiger partial charge in [-0.25, -0.2) is 0 Å². The molecule has 0 nitrogen and oxygen atoms in total. The molecule has 1 aliphatic rings. The van der Waals surface area contributed by atoms with Crippen molar-refractivity contribution < 1.29 is 0 Å². The summed E-state index contributed by atoms with van der Waals surface area (Å²) < 4.78 is 1.42. The Bertz CT molecular complexity index is 120. The standard InChI is InChI=1S/C6H9I3S/c7-5-3-1-2-4-6(5,8)10-9/h5H,1-4H2. The lowest BCUT2D eigenvalue weighted by atomic mass is 10.0. The van der Waals surface area contributed by atoms with E-state index in [1.165, 1.54) is 25.7 Å². The molecule has 2 atom stereocenters. The predicted molar refractivity (Wildman–Crippen MR) is 74.6 cm³/mol. The van der Waals surface area contributed by atoms with Crippen molar-refractivity contribution in [3.8, 4) is 0 Å². The molecule has 1 fully saturated rings. The summed E-state index contributed by atoms with van der Waals surface area (Å²) in [5.74, 6) is 0. The number of hydrogen-bond donors (Lipinski definition) is 0. The molecule has 1 rings (SSSR count). The van der Waals surface area contributed by atoms with E-state index in [2.05, 4.69) is 66.4 Å². The topological polar surface area (TPSA) is 0 Å². The van der Waals surface area contributed by atoms with Crippen LogP contribution in [0.3, 0.4) is 0 Å². The number of halogens is 3. The van der Waals surface area contributed by atoms with Gasteiger partial charge in [0.05, 0.1) is 2.75 Å². The van der Waals surface area contributed by atoms with Crippen molar-refractivity contribution in [1.29, 1.82) is 0 Å². The normalized spacial score (nSPS) is 41.7. The zero-order chi connectivity index (χ0) is 7.61. The van der Waals surface area contributed by atoms with E-state index in [-0.39, 0.29) is 0 Å². The maximum absolute atomic E-state index is 2.63. The van der Waals surface area contributed by atoms with Gasteiger partial charge in [0.15, 0.2) is 0 Å². The molecule has 0 spiro atoms. The first-order chi connectivity index (χ1) is 4.69. The smallest absolute Gasteiger partial charge is 0.0802 e. The van der Waals surface area contributed by atoms with E-state index >= 15 is 0 Å². The Balaban J connectivity index is 2.54. The molecule has 60 valence electrons. The van der Waals surface area contributed by atoms with Crippen molar-refractivity contribution in [2.24, 2.45) is 0 Å². The average Bonchev–Trinajstić information content (AvgIpc) is 1.96. The molecule has 1 saturated carbocycles. The Hall–Kier alpha value is 2.54. The van der Waals surface area contributed by atoms with Crippen LogP contribution < -0.4 is 0 Å². The quantitative estimate of drug-likeness (QED) is 0.381. The van der Waals surface area contributed by atoms with Gasteiger partial charge in [0.2, 0.25) is 0 Å². The molecule has 0 radical (unpaired) electrons. The van der Waals surface area contributed by atoms with Gasteiger partial charge in [-0.15, -0.1) is 0 Å². The Morgan fingerprint density at radius 3 is 2.50 bits per heavy atom. The Kier molecular flexibility index (Phi) is 4.98. The first-order valence-electron chi connectivity index (χ1n) is 3.32. The van der Waals surface area contributed by atoms with Crippen LogP contribution in [0, 0.1) is 0 Å². The number of hydrogen-bond acceptors (Lipinski definition) is 1. The van der Waals surface area contributed by atoms with Crippen LogP contribution in [0.1, 0.15) is 25.7 Å². The molecule has 0 amide bonds. The molecule has 0 saturated heterocycles. The van der Waals surface area contributed by atoms with Crippen molar-refractivity contribution in [2.75, 3.05) is 0 Å². The van der Waals surface area contributed by atoms with E-state index in [9.17, 15) is 0 Å². The molecule has 4 heteroatoms. The maximum atomic E-state index is 2.63. The molecule has 2 unspecified atom stereocenters. The van der Waals surface area contributed by atoms with Crippen molar-refractivity contribution in [2.45, 2.75) is 32.4 Å². The summed E-state index contributed by atoms with van der Waals surface area (Å²) in [4.78, 5) is 0. The second-order valence-electron chi connectivity index (χ2n) is 2.58. The van der Waals surface area contributed by atoms with Crippen LogP contribution in [0.4, 0.5) is 0 Å². The van der Waals surface area contributed by atoms with E-state index in [0.29, 0.717) is 2.75 Å². The highest BCUT2D eigenvalue weighted by Crippen LogP contribution is 2.51. The van der Waals surface area contributed by atoms with Crippen molar-refractivity contribution in [3.63, 3.8) is 0 Å².